The number of alkyl halides is 3. The van der Waals surface area contributed by atoms with Crippen molar-refractivity contribution >= 4 is 17.5 Å². The molecule has 0 spiro atoms. The molecule has 1 aromatic carbocycles. The molecule has 28 heavy (non-hydrogen) atoms. The van der Waals surface area contributed by atoms with Crippen LogP contribution in [0, 0.1) is 6.92 Å². The Balaban J connectivity index is 1.65. The van der Waals surface area contributed by atoms with Crippen molar-refractivity contribution in [3.63, 3.8) is 0 Å². The zero-order chi connectivity index (χ0) is 20.1. The summed E-state index contributed by atoms with van der Waals surface area (Å²) in [5, 5.41) is 9.45. The van der Waals surface area contributed by atoms with Crippen LogP contribution >= 0.6 is 0 Å². The maximum absolute atomic E-state index is 12.2. The lowest BCUT2D eigenvalue weighted by Gasteiger charge is -2.36. The van der Waals surface area contributed by atoms with Gasteiger partial charge in [0.05, 0.1) is 5.69 Å². The molecule has 2 aromatic rings. The number of aryl methyl sites for hydroxylation is 1. The number of anilines is 1. The third-order valence-electron chi connectivity index (χ3n) is 4.27. The van der Waals surface area contributed by atoms with E-state index in [4.69, 9.17) is 0 Å². The quantitative estimate of drug-likeness (QED) is 0.473. The zero-order valence-corrected chi connectivity index (χ0v) is 15.1. The Morgan fingerprint density at radius 1 is 1.14 bits per heavy atom. The average Bonchev–Trinajstić information content (AvgIpc) is 2.67. The molecule has 0 amide bonds. The number of nitrogens with one attached hydrogen (secondary N) is 1. The largest absolute Gasteiger partial charge is 0.573 e. The van der Waals surface area contributed by atoms with Gasteiger partial charge >= 0.3 is 6.36 Å². The second-order valence-electron chi connectivity index (χ2n) is 6.21. The smallest absolute Gasteiger partial charge is 0.406 e. The van der Waals surface area contributed by atoms with Crippen molar-refractivity contribution in [3.05, 3.63) is 48.2 Å². The minimum atomic E-state index is -4.74. The molecular formula is C18H20F3N5O2. The third-order valence-corrected chi connectivity index (χ3v) is 4.27. The van der Waals surface area contributed by atoms with E-state index in [1.165, 1.54) is 24.3 Å². The summed E-state index contributed by atoms with van der Waals surface area (Å²) < 4.78 is 40.5. The predicted octanol–water partition coefficient (Wildman–Crippen LogP) is 3.08. The number of hydroxylamine groups is 1. The van der Waals surface area contributed by atoms with E-state index in [2.05, 4.69) is 25.1 Å². The van der Waals surface area contributed by atoms with Crippen LogP contribution < -0.4 is 15.1 Å². The number of hydrogen-bond acceptors (Lipinski definition) is 5. The highest BCUT2D eigenvalue weighted by atomic mass is 19.4. The molecule has 0 saturated carbocycles. The summed E-state index contributed by atoms with van der Waals surface area (Å²) in [7, 11) is 0. The minimum absolute atomic E-state index is 0.224. The average molecular weight is 395 g/mol. The van der Waals surface area contributed by atoms with Gasteiger partial charge in [-0.1, -0.05) is 6.07 Å². The fraction of sp³-hybridized carbons (Fsp3) is 0.333. The van der Waals surface area contributed by atoms with Crippen LogP contribution in [0.4, 0.5) is 24.7 Å². The minimum Gasteiger partial charge on any atom is -0.406 e. The van der Waals surface area contributed by atoms with Crippen molar-refractivity contribution in [2.45, 2.75) is 13.3 Å². The van der Waals surface area contributed by atoms with Gasteiger partial charge in [0.1, 0.15) is 11.6 Å². The first-order chi connectivity index (χ1) is 13.4. The number of rotatable bonds is 3. The summed E-state index contributed by atoms with van der Waals surface area (Å²) in [5.41, 5.74) is 3.54. The molecule has 1 aromatic heterocycles. The summed E-state index contributed by atoms with van der Waals surface area (Å²) in [6.07, 6.45) is -2.99. The Morgan fingerprint density at radius 3 is 2.39 bits per heavy atom. The predicted molar refractivity (Wildman–Crippen MR) is 97.9 cm³/mol. The molecule has 0 atom stereocenters. The number of benzene rings is 1. The van der Waals surface area contributed by atoms with Crippen molar-refractivity contribution in [2.75, 3.05) is 31.1 Å². The van der Waals surface area contributed by atoms with E-state index in [1.807, 2.05) is 24.0 Å². The van der Waals surface area contributed by atoms with Crippen LogP contribution in [0.3, 0.4) is 0 Å². The van der Waals surface area contributed by atoms with E-state index in [9.17, 15) is 18.4 Å². The van der Waals surface area contributed by atoms with Gasteiger partial charge in [0, 0.05) is 32.4 Å². The number of halogens is 3. The highest BCUT2D eigenvalue weighted by Gasteiger charge is 2.31. The van der Waals surface area contributed by atoms with Crippen LogP contribution in [0.1, 0.15) is 5.56 Å². The fourth-order valence-electron chi connectivity index (χ4n) is 2.95. The molecule has 0 bridgehead atoms. The Hall–Kier alpha value is -3.01. The molecule has 10 heteroatoms. The summed E-state index contributed by atoms with van der Waals surface area (Å²) in [6, 6.07) is 8.99. The number of pyridine rings is 1. The number of hydrogen-bond donors (Lipinski definition) is 2. The second-order valence-corrected chi connectivity index (χ2v) is 6.21. The first-order valence-electron chi connectivity index (χ1n) is 8.62. The van der Waals surface area contributed by atoms with Crippen molar-refractivity contribution in [3.8, 4) is 5.75 Å². The standard InChI is InChI=1S/C18H20F3N5O2/c1-13-3-2-8-22-16(13)25-9-11-26(12-10-25)17(24-27)23-14-4-6-15(7-5-14)28-18(19,20)21/h2-8,27H,9-12H2,1H3,(H,23,24). The lowest BCUT2D eigenvalue weighted by molar-refractivity contribution is -0.274. The topological polar surface area (TPSA) is 73.2 Å². The lowest BCUT2D eigenvalue weighted by atomic mass is 10.2. The van der Waals surface area contributed by atoms with Crippen LogP contribution in [-0.4, -0.2) is 53.6 Å². The van der Waals surface area contributed by atoms with E-state index >= 15 is 0 Å². The second kappa shape index (κ2) is 8.34. The first kappa shape index (κ1) is 19.7. The van der Waals surface area contributed by atoms with Crippen molar-refractivity contribution in [1.29, 1.82) is 0 Å². The number of piperazine rings is 1. The van der Waals surface area contributed by atoms with Gasteiger partial charge in [0.15, 0.2) is 0 Å². The summed E-state index contributed by atoms with van der Waals surface area (Å²) >= 11 is 0. The van der Waals surface area contributed by atoms with Gasteiger partial charge < -0.3 is 14.5 Å². The van der Waals surface area contributed by atoms with Crippen LogP contribution in [-0.2, 0) is 0 Å². The number of nitrogens with zero attached hydrogens (tertiary/aromatic N) is 4. The van der Waals surface area contributed by atoms with Crippen molar-refractivity contribution in [2.24, 2.45) is 4.99 Å². The SMILES string of the molecule is Cc1cccnc1N1CCN(C(=Nc2ccc(OC(F)(F)F)cc2)NO)CC1. The highest BCUT2D eigenvalue weighted by molar-refractivity contribution is 5.82. The molecule has 1 aliphatic heterocycles. The van der Waals surface area contributed by atoms with Crippen LogP contribution in [0.5, 0.6) is 5.75 Å². The maximum atomic E-state index is 12.2. The number of aromatic nitrogens is 1. The lowest BCUT2D eigenvalue weighted by Crippen LogP contribution is -2.52. The maximum Gasteiger partial charge on any atom is 0.573 e. The van der Waals surface area contributed by atoms with Crippen LogP contribution in [0.2, 0.25) is 0 Å². The molecule has 1 aliphatic rings. The van der Waals surface area contributed by atoms with E-state index < -0.39 is 6.36 Å². The zero-order valence-electron chi connectivity index (χ0n) is 15.1. The van der Waals surface area contributed by atoms with Gasteiger partial charge in [-0.05, 0) is 42.8 Å². The van der Waals surface area contributed by atoms with E-state index in [1.54, 1.807) is 6.20 Å². The van der Waals surface area contributed by atoms with E-state index in [0.29, 0.717) is 31.9 Å². The van der Waals surface area contributed by atoms with Crippen molar-refractivity contribution < 1.29 is 23.1 Å². The van der Waals surface area contributed by atoms with Gasteiger partial charge in [0.25, 0.3) is 0 Å². The summed E-state index contributed by atoms with van der Waals surface area (Å²) in [6.45, 7) is 4.58. The van der Waals surface area contributed by atoms with Crippen LogP contribution in [0.15, 0.2) is 47.6 Å². The van der Waals surface area contributed by atoms with Gasteiger partial charge in [-0.25, -0.2) is 15.5 Å². The van der Waals surface area contributed by atoms with Crippen LogP contribution in [0.25, 0.3) is 0 Å². The molecule has 3 rings (SSSR count). The monoisotopic (exact) mass is 395 g/mol. The Bertz CT molecular complexity index is 819. The molecule has 0 radical (unpaired) electrons. The molecule has 1 saturated heterocycles. The molecule has 2 heterocycles. The van der Waals surface area contributed by atoms with Gasteiger partial charge in [-0.15, -0.1) is 13.2 Å². The normalized spacial score (nSPS) is 15.5. The fourth-order valence-corrected chi connectivity index (χ4v) is 2.95. The molecule has 7 nitrogen and oxygen atoms in total. The molecule has 2 N–H and O–H groups in total. The Morgan fingerprint density at radius 2 is 1.82 bits per heavy atom. The summed E-state index contributed by atoms with van der Waals surface area (Å²) in [5.74, 6) is 0.823. The highest BCUT2D eigenvalue weighted by Crippen LogP contribution is 2.25. The van der Waals surface area contributed by atoms with Crippen molar-refractivity contribution in [1.82, 2.24) is 15.4 Å². The van der Waals surface area contributed by atoms with E-state index in [-0.39, 0.29) is 11.7 Å². The van der Waals surface area contributed by atoms with Gasteiger partial charge in [-0.2, -0.15) is 0 Å². The Kier molecular flexibility index (Phi) is 5.88. The Labute approximate surface area is 160 Å². The molecular weight excluding hydrogens is 375 g/mol. The number of aliphatic imine (C=N–C) groups is 1. The molecule has 1 fully saturated rings. The van der Waals surface area contributed by atoms with E-state index in [0.717, 1.165) is 11.4 Å². The van der Waals surface area contributed by atoms with Gasteiger partial charge in [-0.3, -0.25) is 5.21 Å². The number of guanidine groups is 1. The third kappa shape index (κ3) is 5.03. The first-order valence-corrected chi connectivity index (χ1v) is 8.62. The number of ether oxygens (including phenoxy) is 1. The molecule has 0 unspecified atom stereocenters. The molecule has 0 aliphatic carbocycles. The van der Waals surface area contributed by atoms with Gasteiger partial charge in [0.2, 0.25) is 5.96 Å². The summed E-state index contributed by atoms with van der Waals surface area (Å²) in [4.78, 5) is 12.7. The molecule has 150 valence electrons.